The Morgan fingerprint density at radius 2 is 2.00 bits per heavy atom. The highest BCUT2D eigenvalue weighted by atomic mass is 16.5. The van der Waals surface area contributed by atoms with Crippen LogP contribution in [0.3, 0.4) is 0 Å². The van der Waals surface area contributed by atoms with Crippen LogP contribution in [-0.2, 0) is 9.53 Å². The van der Waals surface area contributed by atoms with Crippen LogP contribution in [-0.4, -0.2) is 12.1 Å². The van der Waals surface area contributed by atoms with Gasteiger partial charge in [-0.1, -0.05) is 6.92 Å². The maximum Gasteiger partial charge on any atom is 0.302 e. The van der Waals surface area contributed by atoms with Gasteiger partial charge in [0, 0.05) is 6.92 Å². The van der Waals surface area contributed by atoms with Gasteiger partial charge in [-0.2, -0.15) is 0 Å². The lowest BCUT2D eigenvalue weighted by Gasteiger charge is -2.27. The van der Waals surface area contributed by atoms with E-state index in [2.05, 4.69) is 6.92 Å². The van der Waals surface area contributed by atoms with E-state index in [-0.39, 0.29) is 12.1 Å². The number of esters is 1. The zero-order valence-corrected chi connectivity index (χ0v) is 7.75. The quantitative estimate of drug-likeness (QED) is 0.560. The summed E-state index contributed by atoms with van der Waals surface area (Å²) in [6, 6.07) is 0. The highest BCUT2D eigenvalue weighted by Gasteiger charge is 2.46. The van der Waals surface area contributed by atoms with E-state index in [1.165, 1.54) is 26.2 Å². The lowest BCUT2D eigenvalue weighted by Crippen LogP contribution is -2.29. The van der Waals surface area contributed by atoms with Gasteiger partial charge in [0.25, 0.3) is 0 Å². The average molecular weight is 168 g/mol. The molecular weight excluding hydrogens is 152 g/mol. The van der Waals surface area contributed by atoms with Crippen molar-refractivity contribution in [2.45, 2.75) is 39.2 Å². The standard InChI is InChI=1S/C10H16O2/c1-6-8-3-4-9(5-8)10(6)12-7(2)11/h6,8-10H,3-5H2,1-2H3/t6-,8+,9-,10+/m0/s1. The van der Waals surface area contributed by atoms with E-state index in [0.29, 0.717) is 11.8 Å². The minimum absolute atomic E-state index is 0.112. The Labute approximate surface area is 73.3 Å². The Kier molecular flexibility index (Phi) is 1.85. The van der Waals surface area contributed by atoms with Crippen LogP contribution < -0.4 is 0 Å². The van der Waals surface area contributed by atoms with Crippen LogP contribution in [0.1, 0.15) is 33.1 Å². The van der Waals surface area contributed by atoms with Gasteiger partial charge >= 0.3 is 5.97 Å². The molecule has 0 N–H and O–H groups in total. The summed E-state index contributed by atoms with van der Waals surface area (Å²) in [6.07, 6.45) is 4.15. The van der Waals surface area contributed by atoms with Crippen LogP contribution in [0.2, 0.25) is 0 Å². The fourth-order valence-corrected chi connectivity index (χ4v) is 2.92. The summed E-state index contributed by atoms with van der Waals surface area (Å²) >= 11 is 0. The fraction of sp³-hybridized carbons (Fsp3) is 0.900. The van der Waals surface area contributed by atoms with Crippen molar-refractivity contribution in [3.8, 4) is 0 Å². The van der Waals surface area contributed by atoms with Gasteiger partial charge < -0.3 is 4.74 Å². The molecule has 12 heavy (non-hydrogen) atoms. The third kappa shape index (κ3) is 1.13. The van der Waals surface area contributed by atoms with Crippen molar-refractivity contribution in [1.82, 2.24) is 0 Å². The first-order valence-electron chi connectivity index (χ1n) is 4.85. The first-order valence-corrected chi connectivity index (χ1v) is 4.85. The van der Waals surface area contributed by atoms with Crippen molar-refractivity contribution in [1.29, 1.82) is 0 Å². The molecule has 0 aliphatic heterocycles. The van der Waals surface area contributed by atoms with Crippen molar-refractivity contribution in [3.05, 3.63) is 0 Å². The van der Waals surface area contributed by atoms with E-state index in [0.717, 1.165) is 5.92 Å². The summed E-state index contributed by atoms with van der Waals surface area (Å²) < 4.78 is 5.32. The number of hydrogen-bond donors (Lipinski definition) is 0. The molecule has 0 heterocycles. The van der Waals surface area contributed by atoms with Crippen molar-refractivity contribution in [3.63, 3.8) is 0 Å². The number of rotatable bonds is 1. The molecular formula is C10H16O2. The number of hydrogen-bond acceptors (Lipinski definition) is 2. The summed E-state index contributed by atoms with van der Waals surface area (Å²) in [5.74, 6) is 2.00. The monoisotopic (exact) mass is 168 g/mol. The summed E-state index contributed by atoms with van der Waals surface area (Å²) in [7, 11) is 0. The minimum Gasteiger partial charge on any atom is -0.462 e. The molecule has 0 aromatic heterocycles. The Balaban J connectivity index is 2.02. The molecule has 0 aromatic carbocycles. The molecule has 2 fully saturated rings. The molecule has 2 rings (SSSR count). The predicted molar refractivity (Wildman–Crippen MR) is 45.5 cm³/mol. The van der Waals surface area contributed by atoms with Crippen molar-refractivity contribution in [2.24, 2.45) is 17.8 Å². The van der Waals surface area contributed by atoms with E-state index in [9.17, 15) is 4.79 Å². The molecule has 2 heteroatoms. The van der Waals surface area contributed by atoms with E-state index >= 15 is 0 Å². The third-order valence-corrected chi connectivity index (χ3v) is 3.54. The molecule has 2 saturated carbocycles. The summed E-state index contributed by atoms with van der Waals surface area (Å²) in [6.45, 7) is 3.73. The second-order valence-corrected chi connectivity index (χ2v) is 4.27. The maximum atomic E-state index is 10.8. The minimum atomic E-state index is -0.112. The average Bonchev–Trinajstić information content (AvgIpc) is 2.53. The summed E-state index contributed by atoms with van der Waals surface area (Å²) in [4.78, 5) is 10.8. The van der Waals surface area contributed by atoms with Gasteiger partial charge in [0.15, 0.2) is 0 Å². The zero-order valence-electron chi connectivity index (χ0n) is 7.75. The Morgan fingerprint density at radius 1 is 1.33 bits per heavy atom. The molecule has 0 saturated heterocycles. The second-order valence-electron chi connectivity index (χ2n) is 4.27. The van der Waals surface area contributed by atoms with Crippen LogP contribution in [0, 0.1) is 17.8 Å². The molecule has 4 atom stereocenters. The molecule has 2 aliphatic rings. The van der Waals surface area contributed by atoms with E-state index in [1.807, 2.05) is 0 Å². The molecule has 0 aromatic rings. The van der Waals surface area contributed by atoms with Crippen LogP contribution in [0.4, 0.5) is 0 Å². The van der Waals surface area contributed by atoms with Crippen molar-refractivity contribution < 1.29 is 9.53 Å². The van der Waals surface area contributed by atoms with Crippen molar-refractivity contribution in [2.75, 3.05) is 0 Å². The van der Waals surface area contributed by atoms with Crippen LogP contribution in [0.25, 0.3) is 0 Å². The Bertz CT molecular complexity index is 198. The zero-order chi connectivity index (χ0) is 8.72. The maximum absolute atomic E-state index is 10.8. The molecule has 0 spiro atoms. The van der Waals surface area contributed by atoms with Gasteiger partial charge in [0.1, 0.15) is 6.10 Å². The number of carbonyl (C=O) groups excluding carboxylic acids is 1. The summed E-state index contributed by atoms with van der Waals surface area (Å²) in [5.41, 5.74) is 0. The summed E-state index contributed by atoms with van der Waals surface area (Å²) in [5, 5.41) is 0. The lowest BCUT2D eigenvalue weighted by atomic mass is 9.88. The number of fused-ring (bicyclic) bond motifs is 2. The first kappa shape index (κ1) is 8.09. The van der Waals surface area contributed by atoms with Gasteiger partial charge in [-0.05, 0) is 37.0 Å². The Hall–Kier alpha value is -0.530. The van der Waals surface area contributed by atoms with Crippen LogP contribution in [0.5, 0.6) is 0 Å². The SMILES string of the molecule is CC(=O)O[C@H]1[C@H]2CC[C@H](C2)[C@@H]1C. The van der Waals surface area contributed by atoms with Crippen LogP contribution in [0.15, 0.2) is 0 Å². The normalized spacial score (nSPS) is 44.8. The van der Waals surface area contributed by atoms with Gasteiger partial charge in [-0.25, -0.2) is 0 Å². The van der Waals surface area contributed by atoms with Gasteiger partial charge in [-0.3, -0.25) is 4.79 Å². The lowest BCUT2D eigenvalue weighted by molar-refractivity contribution is -0.151. The largest absolute Gasteiger partial charge is 0.462 e. The molecule has 2 bridgehead atoms. The van der Waals surface area contributed by atoms with E-state index in [4.69, 9.17) is 4.74 Å². The number of carbonyl (C=O) groups is 1. The van der Waals surface area contributed by atoms with Gasteiger partial charge in [-0.15, -0.1) is 0 Å². The molecule has 0 amide bonds. The van der Waals surface area contributed by atoms with Crippen molar-refractivity contribution >= 4 is 5.97 Å². The molecule has 0 radical (unpaired) electrons. The number of ether oxygens (including phenoxy) is 1. The third-order valence-electron chi connectivity index (χ3n) is 3.54. The first-order chi connectivity index (χ1) is 5.68. The smallest absolute Gasteiger partial charge is 0.302 e. The fourth-order valence-electron chi connectivity index (χ4n) is 2.92. The second kappa shape index (κ2) is 2.75. The topological polar surface area (TPSA) is 26.3 Å². The van der Waals surface area contributed by atoms with Crippen LogP contribution >= 0.6 is 0 Å². The van der Waals surface area contributed by atoms with Gasteiger partial charge in [0.05, 0.1) is 0 Å². The molecule has 68 valence electrons. The van der Waals surface area contributed by atoms with Gasteiger partial charge in [0.2, 0.25) is 0 Å². The van der Waals surface area contributed by atoms with E-state index in [1.54, 1.807) is 0 Å². The highest BCUT2D eigenvalue weighted by Crippen LogP contribution is 2.49. The van der Waals surface area contributed by atoms with E-state index < -0.39 is 0 Å². The molecule has 2 nitrogen and oxygen atoms in total. The molecule has 0 unspecified atom stereocenters. The Morgan fingerprint density at radius 3 is 2.50 bits per heavy atom. The highest BCUT2D eigenvalue weighted by molar-refractivity contribution is 5.66. The molecule has 2 aliphatic carbocycles. The predicted octanol–water partition coefficient (Wildman–Crippen LogP) is 1.98.